The molecule has 4 bridgehead atoms. The molecular weight excluding hydrogens is 264 g/mol. The minimum atomic E-state index is -0.108. The number of esters is 1. The first-order chi connectivity index (χ1) is 10.3. The number of rotatable bonds is 2. The smallest absolute Gasteiger partial charge is 0.309 e. The fraction of sp³-hybridized carbons (Fsp3) is 0.611. The highest BCUT2D eigenvalue weighted by molar-refractivity contribution is 5.74. The highest BCUT2D eigenvalue weighted by Gasteiger charge is 2.75. The quantitative estimate of drug-likeness (QED) is 0.783. The lowest BCUT2D eigenvalue weighted by Crippen LogP contribution is -2.64. The Balaban J connectivity index is 1.59. The summed E-state index contributed by atoms with van der Waals surface area (Å²) in [4.78, 5) is 12.3. The molecule has 3 heteroatoms. The van der Waals surface area contributed by atoms with Crippen LogP contribution in [0, 0.1) is 29.6 Å². The van der Waals surface area contributed by atoms with Crippen LogP contribution in [-0.2, 0) is 19.9 Å². The molecule has 4 saturated carbocycles. The highest BCUT2D eigenvalue weighted by Crippen LogP contribution is 2.73. The third-order valence-corrected chi connectivity index (χ3v) is 6.70. The molecule has 7 atom stereocenters. The fourth-order valence-electron chi connectivity index (χ4n) is 6.10. The molecule has 110 valence electrons. The van der Waals surface area contributed by atoms with Crippen molar-refractivity contribution < 1.29 is 14.3 Å². The Morgan fingerprint density at radius 3 is 2.71 bits per heavy atom. The van der Waals surface area contributed by atoms with Crippen LogP contribution in [0.2, 0.25) is 0 Å². The molecule has 0 spiro atoms. The van der Waals surface area contributed by atoms with Crippen molar-refractivity contribution in [2.75, 3.05) is 7.11 Å². The number of carbonyl (C=O) groups is 1. The molecule has 1 heterocycles. The highest BCUT2D eigenvalue weighted by atomic mass is 16.5. The first-order valence-corrected chi connectivity index (χ1v) is 8.07. The molecule has 1 aromatic carbocycles. The number of fused-ring (bicyclic) bond motifs is 1. The van der Waals surface area contributed by atoms with E-state index in [1.807, 2.05) is 0 Å². The van der Waals surface area contributed by atoms with Crippen LogP contribution >= 0.6 is 0 Å². The Morgan fingerprint density at radius 1 is 1.19 bits per heavy atom. The third kappa shape index (κ3) is 1.28. The van der Waals surface area contributed by atoms with Gasteiger partial charge in [0.25, 0.3) is 0 Å². The van der Waals surface area contributed by atoms with E-state index in [1.165, 1.54) is 19.1 Å². The van der Waals surface area contributed by atoms with Crippen molar-refractivity contribution in [1.82, 2.24) is 0 Å². The van der Waals surface area contributed by atoms with E-state index in [0.717, 1.165) is 12.8 Å². The molecule has 1 saturated heterocycles. The second-order valence-corrected chi connectivity index (χ2v) is 7.19. The fourth-order valence-corrected chi connectivity index (χ4v) is 6.10. The summed E-state index contributed by atoms with van der Waals surface area (Å²) in [5, 5.41) is 0. The average Bonchev–Trinajstić information content (AvgIpc) is 2.66. The maximum Gasteiger partial charge on any atom is 0.309 e. The third-order valence-electron chi connectivity index (χ3n) is 6.70. The molecular formula is C18H20O3. The van der Waals surface area contributed by atoms with Crippen molar-refractivity contribution in [1.29, 1.82) is 0 Å². The van der Waals surface area contributed by atoms with E-state index in [9.17, 15) is 4.79 Å². The summed E-state index contributed by atoms with van der Waals surface area (Å²) in [5.41, 5.74) is 1.20. The Hall–Kier alpha value is -1.35. The maximum absolute atomic E-state index is 12.3. The monoisotopic (exact) mass is 284 g/mol. The molecule has 6 rings (SSSR count). The summed E-state index contributed by atoms with van der Waals surface area (Å²) in [7, 11) is 1.52. The van der Waals surface area contributed by atoms with Gasteiger partial charge >= 0.3 is 5.97 Å². The van der Waals surface area contributed by atoms with E-state index in [4.69, 9.17) is 9.47 Å². The van der Waals surface area contributed by atoms with Crippen LogP contribution in [0.1, 0.15) is 24.8 Å². The van der Waals surface area contributed by atoms with Crippen molar-refractivity contribution in [3.8, 4) is 0 Å². The first kappa shape index (κ1) is 12.2. The standard InChI is InChI=1S/C18H20O3/c1-20-17(19)14-12-8-7-11-13(14)9-18(15(11)16(12)21-18)10-5-3-2-4-6-10/h2-6,11-16H,7-9H2,1H3/t11-,12+,13-,14-,15+,16-,18-/m1/s1. The lowest BCUT2D eigenvalue weighted by molar-refractivity contribution is -0.303. The number of ether oxygens (including phenoxy) is 2. The van der Waals surface area contributed by atoms with Crippen LogP contribution in [-0.4, -0.2) is 19.2 Å². The van der Waals surface area contributed by atoms with Gasteiger partial charge in [0, 0.05) is 5.92 Å². The van der Waals surface area contributed by atoms with E-state index in [0.29, 0.717) is 23.7 Å². The Labute approximate surface area is 124 Å². The van der Waals surface area contributed by atoms with E-state index < -0.39 is 0 Å². The lowest BCUT2D eigenvalue weighted by Gasteiger charge is -2.61. The molecule has 4 aliphatic carbocycles. The number of hydrogen-bond donors (Lipinski definition) is 0. The number of hydrogen-bond acceptors (Lipinski definition) is 3. The van der Waals surface area contributed by atoms with Crippen LogP contribution in [0.4, 0.5) is 0 Å². The largest absolute Gasteiger partial charge is 0.469 e. The van der Waals surface area contributed by atoms with Crippen molar-refractivity contribution >= 4 is 5.97 Å². The number of carbonyl (C=O) groups excluding carboxylic acids is 1. The summed E-state index contributed by atoms with van der Waals surface area (Å²) in [6, 6.07) is 10.6. The molecule has 0 N–H and O–H groups in total. The molecule has 0 radical (unpaired) electrons. The minimum absolute atomic E-state index is 0.00693. The van der Waals surface area contributed by atoms with Crippen molar-refractivity contribution in [2.45, 2.75) is 31.0 Å². The van der Waals surface area contributed by atoms with E-state index in [2.05, 4.69) is 30.3 Å². The molecule has 21 heavy (non-hydrogen) atoms. The molecule has 1 aromatic rings. The van der Waals surface area contributed by atoms with E-state index in [1.54, 1.807) is 0 Å². The van der Waals surface area contributed by atoms with E-state index >= 15 is 0 Å². The predicted octanol–water partition coefficient (Wildman–Crippen LogP) is 2.75. The van der Waals surface area contributed by atoms with E-state index in [-0.39, 0.29) is 23.6 Å². The molecule has 0 amide bonds. The topological polar surface area (TPSA) is 35.5 Å². The SMILES string of the molecule is COC(=O)[C@H]1[C@@H]2C[C@]3(c4ccccc4)O[C@@H]4[C@H]1CC[C@H]2[C@@H]43. The van der Waals surface area contributed by atoms with Crippen LogP contribution in [0.15, 0.2) is 30.3 Å². The van der Waals surface area contributed by atoms with Gasteiger partial charge in [-0.2, -0.15) is 0 Å². The van der Waals surface area contributed by atoms with Crippen LogP contribution < -0.4 is 0 Å². The Kier molecular flexibility index (Phi) is 2.26. The van der Waals surface area contributed by atoms with Gasteiger partial charge < -0.3 is 9.47 Å². The van der Waals surface area contributed by atoms with Crippen LogP contribution in [0.3, 0.4) is 0 Å². The summed E-state index contributed by atoms with van der Waals surface area (Å²) < 4.78 is 11.6. The average molecular weight is 284 g/mol. The molecule has 5 fully saturated rings. The van der Waals surface area contributed by atoms with Crippen LogP contribution in [0.5, 0.6) is 0 Å². The van der Waals surface area contributed by atoms with Gasteiger partial charge in [0.05, 0.1) is 24.7 Å². The van der Waals surface area contributed by atoms with Gasteiger partial charge in [0.15, 0.2) is 0 Å². The zero-order valence-corrected chi connectivity index (χ0v) is 12.2. The van der Waals surface area contributed by atoms with Crippen molar-refractivity contribution in [3.05, 3.63) is 35.9 Å². The Bertz CT molecular complexity index is 598. The second-order valence-electron chi connectivity index (χ2n) is 7.19. The van der Waals surface area contributed by atoms with Gasteiger partial charge in [-0.25, -0.2) is 0 Å². The summed E-state index contributed by atoms with van der Waals surface area (Å²) in [6.45, 7) is 0. The van der Waals surface area contributed by atoms with Gasteiger partial charge in [-0.3, -0.25) is 4.79 Å². The molecule has 1 aliphatic heterocycles. The van der Waals surface area contributed by atoms with Gasteiger partial charge in [0.1, 0.15) is 0 Å². The van der Waals surface area contributed by atoms with Crippen molar-refractivity contribution in [2.24, 2.45) is 29.6 Å². The Morgan fingerprint density at radius 2 is 1.95 bits per heavy atom. The van der Waals surface area contributed by atoms with Gasteiger partial charge in [-0.05, 0) is 42.6 Å². The zero-order valence-electron chi connectivity index (χ0n) is 12.2. The predicted molar refractivity (Wildman–Crippen MR) is 76.3 cm³/mol. The molecule has 0 aromatic heterocycles. The van der Waals surface area contributed by atoms with Gasteiger partial charge in [-0.1, -0.05) is 30.3 Å². The maximum atomic E-state index is 12.3. The van der Waals surface area contributed by atoms with Gasteiger partial charge in [0.2, 0.25) is 0 Å². The minimum Gasteiger partial charge on any atom is -0.469 e. The van der Waals surface area contributed by atoms with Gasteiger partial charge in [-0.15, -0.1) is 0 Å². The summed E-state index contributed by atoms with van der Waals surface area (Å²) in [5.74, 6) is 2.19. The number of benzene rings is 1. The first-order valence-electron chi connectivity index (χ1n) is 8.07. The second kappa shape index (κ2) is 3.89. The normalized spacial score (nSPS) is 48.8. The molecule has 0 unspecified atom stereocenters. The number of methoxy groups -OCH3 is 1. The summed E-state index contributed by atoms with van der Waals surface area (Å²) in [6.07, 6.45) is 3.68. The molecule has 3 nitrogen and oxygen atoms in total. The zero-order chi connectivity index (χ0) is 14.2. The van der Waals surface area contributed by atoms with Crippen molar-refractivity contribution in [3.63, 3.8) is 0 Å². The molecule has 5 aliphatic rings. The summed E-state index contributed by atoms with van der Waals surface area (Å²) >= 11 is 0. The van der Waals surface area contributed by atoms with Crippen LogP contribution in [0.25, 0.3) is 0 Å². The lowest BCUT2D eigenvalue weighted by atomic mass is 9.54.